The minimum Gasteiger partial charge on any atom is -0.338 e. The maximum absolute atomic E-state index is 12.3. The summed E-state index contributed by atoms with van der Waals surface area (Å²) in [5.74, 6) is 2.89. The zero-order valence-electron chi connectivity index (χ0n) is 14.6. The van der Waals surface area contributed by atoms with Crippen molar-refractivity contribution in [2.75, 3.05) is 6.54 Å². The number of urea groups is 1. The van der Waals surface area contributed by atoms with Gasteiger partial charge in [0.15, 0.2) is 5.82 Å². The second-order valence-corrected chi connectivity index (χ2v) is 7.03. The summed E-state index contributed by atoms with van der Waals surface area (Å²) in [6.07, 6.45) is 3.91. The minimum absolute atomic E-state index is 0.0364. The summed E-state index contributed by atoms with van der Waals surface area (Å²) in [5, 5.41) is 10.6. The number of amides is 2. The summed E-state index contributed by atoms with van der Waals surface area (Å²) >= 11 is 0. The molecule has 2 aromatic rings. The van der Waals surface area contributed by atoms with E-state index in [0.717, 1.165) is 50.4 Å². The fourth-order valence-electron chi connectivity index (χ4n) is 3.70. The Labute approximate surface area is 148 Å². The largest absolute Gasteiger partial charge is 0.338 e. The van der Waals surface area contributed by atoms with Gasteiger partial charge in [0, 0.05) is 19.5 Å². The van der Waals surface area contributed by atoms with Crippen molar-refractivity contribution in [2.24, 2.45) is 5.92 Å². The van der Waals surface area contributed by atoms with Crippen LogP contribution in [0.4, 0.5) is 4.79 Å². The third-order valence-corrected chi connectivity index (χ3v) is 5.22. The Balaban J connectivity index is 1.28. The van der Waals surface area contributed by atoms with E-state index in [9.17, 15) is 4.79 Å². The van der Waals surface area contributed by atoms with Crippen LogP contribution in [0.2, 0.25) is 0 Å². The normalized spacial score (nSPS) is 24.4. The number of nitrogens with one attached hydrogen (secondary N) is 2. The Morgan fingerprint density at radius 1 is 1.32 bits per heavy atom. The molecule has 0 saturated heterocycles. The second-order valence-electron chi connectivity index (χ2n) is 7.03. The van der Waals surface area contributed by atoms with Gasteiger partial charge in [0.25, 0.3) is 0 Å². The first-order chi connectivity index (χ1) is 12.2. The average molecular weight is 339 g/mol. The maximum atomic E-state index is 12.3. The van der Waals surface area contributed by atoms with Gasteiger partial charge in [0.05, 0.1) is 6.04 Å². The molecule has 0 unspecified atom stereocenters. The molecule has 1 aliphatic carbocycles. The van der Waals surface area contributed by atoms with Crippen molar-refractivity contribution >= 4 is 6.03 Å². The van der Waals surface area contributed by atoms with Crippen molar-refractivity contribution in [3.63, 3.8) is 0 Å². The van der Waals surface area contributed by atoms with Crippen LogP contribution in [0.15, 0.2) is 30.3 Å². The van der Waals surface area contributed by atoms with E-state index in [1.165, 1.54) is 5.56 Å². The summed E-state index contributed by atoms with van der Waals surface area (Å²) in [7, 11) is 0. The number of benzene rings is 1. The number of rotatable bonds is 5. The number of nitrogens with zero attached hydrogens (tertiary/aromatic N) is 3. The number of hydrogen-bond donors (Lipinski definition) is 2. The summed E-state index contributed by atoms with van der Waals surface area (Å²) in [6.45, 7) is 3.67. The van der Waals surface area contributed by atoms with Crippen LogP contribution >= 0.6 is 0 Å². The molecule has 132 valence electrons. The Bertz CT molecular complexity index is 742. The molecule has 25 heavy (non-hydrogen) atoms. The van der Waals surface area contributed by atoms with Crippen molar-refractivity contribution < 1.29 is 4.79 Å². The number of hydrogen-bond acceptors (Lipinski definition) is 3. The van der Waals surface area contributed by atoms with Gasteiger partial charge in [0.2, 0.25) is 0 Å². The van der Waals surface area contributed by atoms with E-state index in [2.05, 4.69) is 51.9 Å². The molecule has 2 aliphatic rings. The van der Waals surface area contributed by atoms with Crippen LogP contribution in [0.5, 0.6) is 0 Å². The quantitative estimate of drug-likeness (QED) is 0.880. The summed E-state index contributed by atoms with van der Waals surface area (Å²) in [5.41, 5.74) is 1.38. The number of carbonyl (C=O) groups is 1. The molecule has 1 aliphatic heterocycles. The molecular weight excluding hydrogens is 314 g/mol. The molecule has 0 radical (unpaired) electrons. The van der Waals surface area contributed by atoms with Crippen LogP contribution in [0, 0.1) is 5.92 Å². The first kappa shape index (κ1) is 16.1. The van der Waals surface area contributed by atoms with Gasteiger partial charge < -0.3 is 10.6 Å². The lowest BCUT2D eigenvalue weighted by molar-refractivity contribution is 0.232. The van der Waals surface area contributed by atoms with Gasteiger partial charge in [-0.3, -0.25) is 0 Å². The smallest absolute Gasteiger partial charge is 0.315 e. The van der Waals surface area contributed by atoms with Crippen molar-refractivity contribution in [1.82, 2.24) is 25.4 Å². The summed E-state index contributed by atoms with van der Waals surface area (Å²) < 4.78 is 1.94. The van der Waals surface area contributed by atoms with E-state index in [4.69, 9.17) is 0 Å². The van der Waals surface area contributed by atoms with Crippen LogP contribution in [-0.2, 0) is 13.0 Å². The summed E-state index contributed by atoms with van der Waals surface area (Å²) in [4.78, 5) is 16.9. The minimum atomic E-state index is -0.0989. The molecule has 2 heterocycles. The topological polar surface area (TPSA) is 71.8 Å². The van der Waals surface area contributed by atoms with Crippen molar-refractivity contribution in [1.29, 1.82) is 0 Å². The van der Waals surface area contributed by atoms with E-state index in [-0.39, 0.29) is 12.1 Å². The monoisotopic (exact) mass is 339 g/mol. The van der Waals surface area contributed by atoms with E-state index < -0.39 is 0 Å². The van der Waals surface area contributed by atoms with Crippen LogP contribution in [0.3, 0.4) is 0 Å². The molecule has 1 aromatic carbocycles. The highest BCUT2D eigenvalue weighted by molar-refractivity contribution is 5.74. The molecule has 0 bridgehead atoms. The molecule has 6 heteroatoms. The second kappa shape index (κ2) is 6.86. The molecule has 4 rings (SSSR count). The highest BCUT2D eigenvalue weighted by Gasteiger charge is 2.38. The Hall–Kier alpha value is -2.37. The first-order valence-corrected chi connectivity index (χ1v) is 9.27. The molecule has 2 amide bonds. The highest BCUT2D eigenvalue weighted by Crippen LogP contribution is 2.46. The van der Waals surface area contributed by atoms with Crippen LogP contribution in [0.25, 0.3) is 0 Å². The molecule has 6 nitrogen and oxygen atoms in total. The summed E-state index contributed by atoms with van der Waals surface area (Å²) in [6, 6.07) is 10.4. The number of aromatic nitrogens is 3. The number of aryl methyl sites for hydroxylation is 2. The lowest BCUT2D eigenvalue weighted by Gasteiger charge is -2.23. The zero-order chi connectivity index (χ0) is 17.2. The molecule has 3 atom stereocenters. The SMILES string of the molecule is CCc1nc2n(n1)CCC[C@@H]2NC(=O)NC[C@@H]1C[C@@H]1c1ccccc1. The van der Waals surface area contributed by atoms with Gasteiger partial charge >= 0.3 is 6.03 Å². The predicted octanol–water partition coefficient (Wildman–Crippen LogP) is 2.78. The lowest BCUT2D eigenvalue weighted by atomic mass is 10.1. The molecule has 1 aromatic heterocycles. The van der Waals surface area contributed by atoms with Crippen LogP contribution in [-0.4, -0.2) is 27.3 Å². The van der Waals surface area contributed by atoms with Crippen molar-refractivity contribution in [3.05, 3.63) is 47.5 Å². The molecular formula is C19H25N5O. The van der Waals surface area contributed by atoms with E-state index in [1.54, 1.807) is 0 Å². The van der Waals surface area contributed by atoms with Crippen molar-refractivity contribution in [2.45, 2.75) is 51.1 Å². The van der Waals surface area contributed by atoms with Gasteiger partial charge in [-0.1, -0.05) is 37.3 Å². The van der Waals surface area contributed by atoms with E-state index in [0.29, 0.717) is 11.8 Å². The van der Waals surface area contributed by atoms with Gasteiger partial charge in [-0.15, -0.1) is 0 Å². The van der Waals surface area contributed by atoms with Gasteiger partial charge in [-0.25, -0.2) is 14.5 Å². The van der Waals surface area contributed by atoms with Crippen molar-refractivity contribution in [3.8, 4) is 0 Å². The zero-order valence-corrected chi connectivity index (χ0v) is 14.6. The third kappa shape index (κ3) is 3.52. The molecule has 1 saturated carbocycles. The average Bonchev–Trinajstić information content (AvgIpc) is 3.30. The van der Waals surface area contributed by atoms with Gasteiger partial charge in [-0.05, 0) is 36.7 Å². The van der Waals surface area contributed by atoms with Gasteiger partial charge in [0.1, 0.15) is 5.82 Å². The van der Waals surface area contributed by atoms with Crippen LogP contribution in [0.1, 0.15) is 55.4 Å². The third-order valence-electron chi connectivity index (χ3n) is 5.22. The first-order valence-electron chi connectivity index (χ1n) is 9.27. The highest BCUT2D eigenvalue weighted by atomic mass is 16.2. The Morgan fingerprint density at radius 2 is 2.16 bits per heavy atom. The molecule has 0 spiro atoms. The number of carbonyl (C=O) groups excluding carboxylic acids is 1. The maximum Gasteiger partial charge on any atom is 0.315 e. The van der Waals surface area contributed by atoms with Gasteiger partial charge in [-0.2, -0.15) is 5.10 Å². The van der Waals surface area contributed by atoms with Crippen LogP contribution < -0.4 is 10.6 Å². The lowest BCUT2D eigenvalue weighted by Crippen LogP contribution is -2.41. The molecule has 1 fully saturated rings. The standard InChI is InChI=1S/C19H25N5O/c1-2-17-22-18-16(9-6-10-24(18)23-17)21-19(25)20-12-14-11-15(14)13-7-4-3-5-8-13/h3-5,7-8,14-16H,2,6,9-12H2,1H3,(H2,20,21,25)/t14-,15+,16-/m0/s1. The van der Waals surface area contributed by atoms with E-state index >= 15 is 0 Å². The van der Waals surface area contributed by atoms with E-state index in [1.807, 2.05) is 10.7 Å². The fourth-order valence-corrected chi connectivity index (χ4v) is 3.70. The fraction of sp³-hybridized carbons (Fsp3) is 0.526. The predicted molar refractivity (Wildman–Crippen MR) is 95.2 cm³/mol. The Morgan fingerprint density at radius 3 is 2.96 bits per heavy atom. The Kier molecular flexibility index (Phi) is 4.42. The molecule has 2 N–H and O–H groups in total. The number of fused-ring (bicyclic) bond motifs is 1.